The Labute approximate surface area is 148 Å². The summed E-state index contributed by atoms with van der Waals surface area (Å²) in [5.41, 5.74) is 3.02. The summed E-state index contributed by atoms with van der Waals surface area (Å²) in [5, 5.41) is 11.1. The lowest BCUT2D eigenvalue weighted by Crippen LogP contribution is -2.43. The molecule has 2 aliphatic rings. The van der Waals surface area contributed by atoms with E-state index in [1.54, 1.807) is 6.20 Å². The van der Waals surface area contributed by atoms with Gasteiger partial charge >= 0.3 is 0 Å². The van der Waals surface area contributed by atoms with Gasteiger partial charge < -0.3 is 10.6 Å². The highest BCUT2D eigenvalue weighted by atomic mass is 16.1. The number of amides is 1. The van der Waals surface area contributed by atoms with Crippen LogP contribution in [0.2, 0.25) is 0 Å². The molecule has 1 saturated carbocycles. The first-order valence-corrected chi connectivity index (χ1v) is 9.29. The summed E-state index contributed by atoms with van der Waals surface area (Å²) in [6, 6.07) is 10.1. The predicted octanol–water partition coefficient (Wildman–Crippen LogP) is 2.87. The SMILES string of the molecule is CC1(CNC(=O)c2cnn(-c3ccccc3)c2C2CC2)CCNCC1. The molecule has 5 nitrogen and oxygen atoms in total. The molecule has 1 saturated heterocycles. The number of hydrogen-bond donors (Lipinski definition) is 2. The Morgan fingerprint density at radius 2 is 2.00 bits per heavy atom. The second-order valence-electron chi connectivity index (χ2n) is 7.71. The first-order chi connectivity index (χ1) is 12.2. The molecule has 5 heteroatoms. The lowest BCUT2D eigenvalue weighted by atomic mass is 9.81. The van der Waals surface area contributed by atoms with Crippen LogP contribution in [-0.2, 0) is 0 Å². The Bertz CT molecular complexity index is 742. The van der Waals surface area contributed by atoms with Crippen molar-refractivity contribution in [1.29, 1.82) is 0 Å². The van der Waals surface area contributed by atoms with Crippen LogP contribution in [0.15, 0.2) is 36.5 Å². The van der Waals surface area contributed by atoms with Gasteiger partial charge in [0.2, 0.25) is 0 Å². The number of carbonyl (C=O) groups is 1. The Morgan fingerprint density at radius 1 is 1.28 bits per heavy atom. The van der Waals surface area contributed by atoms with E-state index in [0.717, 1.165) is 62.3 Å². The third kappa shape index (κ3) is 3.47. The van der Waals surface area contributed by atoms with Crippen LogP contribution >= 0.6 is 0 Å². The fourth-order valence-corrected chi connectivity index (χ4v) is 3.65. The number of aromatic nitrogens is 2. The second-order valence-corrected chi connectivity index (χ2v) is 7.71. The molecule has 1 aliphatic heterocycles. The standard InChI is InChI=1S/C20H26N4O/c1-20(9-11-21-12-10-20)14-22-19(25)17-13-23-24(18(17)15-7-8-15)16-5-3-2-4-6-16/h2-6,13,15,21H,7-12,14H2,1H3,(H,22,25). The van der Waals surface area contributed by atoms with E-state index in [2.05, 4.69) is 22.7 Å². The fraction of sp³-hybridized carbons (Fsp3) is 0.500. The number of rotatable bonds is 5. The van der Waals surface area contributed by atoms with Gasteiger partial charge in [0.05, 0.1) is 23.1 Å². The molecule has 1 amide bonds. The highest BCUT2D eigenvalue weighted by molar-refractivity contribution is 5.95. The largest absolute Gasteiger partial charge is 0.351 e. The molecule has 2 heterocycles. The van der Waals surface area contributed by atoms with Crippen LogP contribution in [0.5, 0.6) is 0 Å². The van der Waals surface area contributed by atoms with Gasteiger partial charge in [0.1, 0.15) is 0 Å². The Hall–Kier alpha value is -2.14. The van der Waals surface area contributed by atoms with Crippen molar-refractivity contribution < 1.29 is 4.79 Å². The van der Waals surface area contributed by atoms with Crippen molar-refractivity contribution in [3.8, 4) is 5.69 Å². The molecule has 25 heavy (non-hydrogen) atoms. The lowest BCUT2D eigenvalue weighted by molar-refractivity contribution is 0.0921. The molecule has 0 bridgehead atoms. The van der Waals surface area contributed by atoms with Crippen LogP contribution in [0.4, 0.5) is 0 Å². The topological polar surface area (TPSA) is 59.0 Å². The lowest BCUT2D eigenvalue weighted by Gasteiger charge is -2.34. The number of carbonyl (C=O) groups excluding carboxylic acids is 1. The Balaban J connectivity index is 1.54. The number of hydrogen-bond acceptors (Lipinski definition) is 3. The Morgan fingerprint density at radius 3 is 2.68 bits per heavy atom. The molecule has 0 unspecified atom stereocenters. The molecule has 1 aromatic heterocycles. The summed E-state index contributed by atoms with van der Waals surface area (Å²) in [6.45, 7) is 5.06. The summed E-state index contributed by atoms with van der Waals surface area (Å²) in [7, 11) is 0. The van der Waals surface area contributed by atoms with E-state index in [-0.39, 0.29) is 11.3 Å². The van der Waals surface area contributed by atoms with Crippen molar-refractivity contribution in [2.75, 3.05) is 19.6 Å². The summed E-state index contributed by atoms with van der Waals surface area (Å²) in [4.78, 5) is 12.8. The number of piperidine rings is 1. The number of benzene rings is 1. The Kier molecular flexibility index (Phi) is 4.34. The molecule has 0 atom stereocenters. The minimum Gasteiger partial charge on any atom is -0.351 e. The highest BCUT2D eigenvalue weighted by Gasteiger charge is 2.34. The maximum atomic E-state index is 12.8. The maximum absolute atomic E-state index is 12.8. The molecule has 0 spiro atoms. The van der Waals surface area contributed by atoms with E-state index in [1.165, 1.54) is 0 Å². The van der Waals surface area contributed by atoms with E-state index in [9.17, 15) is 4.79 Å². The van der Waals surface area contributed by atoms with Crippen molar-refractivity contribution in [2.24, 2.45) is 5.41 Å². The molecule has 2 fully saturated rings. The van der Waals surface area contributed by atoms with Gasteiger partial charge in [-0.1, -0.05) is 25.1 Å². The van der Waals surface area contributed by atoms with Crippen LogP contribution < -0.4 is 10.6 Å². The first-order valence-electron chi connectivity index (χ1n) is 9.29. The molecular weight excluding hydrogens is 312 g/mol. The average Bonchev–Trinajstić information content (AvgIpc) is 3.39. The maximum Gasteiger partial charge on any atom is 0.254 e. The van der Waals surface area contributed by atoms with Gasteiger partial charge in [-0.25, -0.2) is 4.68 Å². The fourth-order valence-electron chi connectivity index (χ4n) is 3.65. The molecule has 132 valence electrons. The van der Waals surface area contributed by atoms with E-state index in [0.29, 0.717) is 5.92 Å². The minimum absolute atomic E-state index is 0.0174. The summed E-state index contributed by atoms with van der Waals surface area (Å²) in [5.74, 6) is 0.474. The van der Waals surface area contributed by atoms with Crippen molar-refractivity contribution in [2.45, 2.75) is 38.5 Å². The molecule has 2 aromatic rings. The molecule has 1 aromatic carbocycles. The third-order valence-electron chi connectivity index (χ3n) is 5.50. The number of nitrogens with zero attached hydrogens (tertiary/aromatic N) is 2. The highest BCUT2D eigenvalue weighted by Crippen LogP contribution is 2.42. The van der Waals surface area contributed by atoms with Crippen LogP contribution in [0, 0.1) is 5.41 Å². The van der Waals surface area contributed by atoms with Crippen molar-refractivity contribution in [3.05, 3.63) is 47.8 Å². The van der Waals surface area contributed by atoms with Gasteiger partial charge in [-0.2, -0.15) is 5.10 Å². The average molecular weight is 338 g/mol. The second kappa shape index (κ2) is 6.64. The van der Waals surface area contributed by atoms with Crippen LogP contribution in [0.25, 0.3) is 5.69 Å². The zero-order valence-electron chi connectivity index (χ0n) is 14.8. The predicted molar refractivity (Wildman–Crippen MR) is 98.1 cm³/mol. The normalized spacial score (nSPS) is 19.6. The van der Waals surface area contributed by atoms with Crippen LogP contribution in [0.3, 0.4) is 0 Å². The van der Waals surface area contributed by atoms with Gasteiger partial charge in [0.15, 0.2) is 0 Å². The quantitative estimate of drug-likeness (QED) is 0.881. The molecular formula is C20H26N4O. The summed E-state index contributed by atoms with van der Waals surface area (Å²) < 4.78 is 1.94. The van der Waals surface area contributed by atoms with Crippen molar-refractivity contribution in [3.63, 3.8) is 0 Å². The van der Waals surface area contributed by atoms with Gasteiger partial charge in [0.25, 0.3) is 5.91 Å². The minimum atomic E-state index is 0.0174. The van der Waals surface area contributed by atoms with Crippen LogP contribution in [0.1, 0.15) is 54.6 Å². The molecule has 0 radical (unpaired) electrons. The monoisotopic (exact) mass is 338 g/mol. The van der Waals surface area contributed by atoms with E-state index < -0.39 is 0 Å². The third-order valence-corrected chi connectivity index (χ3v) is 5.50. The van der Waals surface area contributed by atoms with E-state index >= 15 is 0 Å². The van der Waals surface area contributed by atoms with Gasteiger partial charge in [-0.15, -0.1) is 0 Å². The van der Waals surface area contributed by atoms with Crippen molar-refractivity contribution in [1.82, 2.24) is 20.4 Å². The summed E-state index contributed by atoms with van der Waals surface area (Å²) >= 11 is 0. The van der Waals surface area contributed by atoms with Gasteiger partial charge in [0, 0.05) is 12.5 Å². The molecule has 4 rings (SSSR count). The zero-order valence-corrected chi connectivity index (χ0v) is 14.8. The smallest absolute Gasteiger partial charge is 0.254 e. The first kappa shape index (κ1) is 16.3. The summed E-state index contributed by atoms with van der Waals surface area (Å²) in [6.07, 6.45) is 6.23. The van der Waals surface area contributed by atoms with E-state index in [1.807, 2.05) is 35.0 Å². The van der Waals surface area contributed by atoms with Gasteiger partial charge in [-0.3, -0.25) is 4.79 Å². The van der Waals surface area contributed by atoms with Crippen molar-refractivity contribution >= 4 is 5.91 Å². The zero-order chi connectivity index (χ0) is 17.3. The van der Waals surface area contributed by atoms with E-state index in [4.69, 9.17) is 0 Å². The van der Waals surface area contributed by atoms with Crippen LogP contribution in [-0.4, -0.2) is 35.3 Å². The molecule has 1 aliphatic carbocycles. The molecule has 2 N–H and O–H groups in total. The number of para-hydroxylation sites is 1. The number of nitrogens with one attached hydrogen (secondary N) is 2. The van der Waals surface area contributed by atoms with Gasteiger partial charge in [-0.05, 0) is 56.3 Å².